The van der Waals surface area contributed by atoms with E-state index in [1.165, 1.54) is 0 Å². The summed E-state index contributed by atoms with van der Waals surface area (Å²) >= 11 is 0. The van der Waals surface area contributed by atoms with Crippen molar-refractivity contribution >= 4 is 35.2 Å². The second-order valence-electron chi connectivity index (χ2n) is 16.1. The van der Waals surface area contributed by atoms with Gasteiger partial charge >= 0.3 is 0 Å². The van der Waals surface area contributed by atoms with Gasteiger partial charge in [-0.2, -0.15) is 15.3 Å². The van der Waals surface area contributed by atoms with Crippen LogP contribution in [0.4, 0.5) is 17.5 Å². The van der Waals surface area contributed by atoms with Crippen LogP contribution in [-0.4, -0.2) is 47.1 Å². The first-order valence-corrected chi connectivity index (χ1v) is 16.2. The van der Waals surface area contributed by atoms with Gasteiger partial charge in [0.05, 0.1) is 17.1 Å². The maximum Gasteiger partial charge on any atom is 0.230 e. The molecule has 12 heteroatoms. The maximum atomic E-state index is 13.9. The summed E-state index contributed by atoms with van der Waals surface area (Å²) in [5, 5.41) is 15.4. The second kappa shape index (κ2) is 9.53. The van der Waals surface area contributed by atoms with Crippen molar-refractivity contribution in [2.75, 3.05) is 14.7 Å². The molecule has 0 radical (unpaired) electrons. The number of anilines is 3. The molecule has 3 unspecified atom stereocenters. The molecule has 3 saturated heterocycles. The highest BCUT2D eigenvalue weighted by molar-refractivity contribution is 5.98. The van der Waals surface area contributed by atoms with Gasteiger partial charge in [-0.15, -0.1) is 0 Å². The summed E-state index contributed by atoms with van der Waals surface area (Å²) in [7, 11) is 0. The van der Waals surface area contributed by atoms with Gasteiger partial charge in [-0.3, -0.25) is 29.1 Å². The molecule has 3 aromatic rings. The first-order chi connectivity index (χ1) is 20.9. The molecule has 7 rings (SSSR count). The van der Waals surface area contributed by atoms with Gasteiger partial charge in [0.25, 0.3) is 0 Å². The number of carbonyl (C=O) groups excluding carboxylic acids is 3. The van der Waals surface area contributed by atoms with Gasteiger partial charge < -0.3 is 0 Å². The lowest BCUT2D eigenvalue weighted by Gasteiger charge is -2.35. The predicted molar refractivity (Wildman–Crippen MR) is 170 cm³/mol. The molecule has 0 spiro atoms. The van der Waals surface area contributed by atoms with Crippen LogP contribution in [0.1, 0.15) is 136 Å². The SMILES string of the molecule is CC(C)(C)c1cc2n(n1)C1CCC(=O)N1c1cc(C(C)(C)C)nn1C1CCC(=O)N1c1cc(C(C)(C)C)nn1C1CCC(=O)N21. The van der Waals surface area contributed by atoms with Crippen LogP contribution in [0.25, 0.3) is 0 Å². The van der Waals surface area contributed by atoms with Crippen molar-refractivity contribution in [1.29, 1.82) is 0 Å². The zero-order valence-corrected chi connectivity index (χ0v) is 28.0. The Hall–Kier alpha value is -3.96. The maximum absolute atomic E-state index is 13.9. The highest BCUT2D eigenvalue weighted by atomic mass is 16.2. The van der Waals surface area contributed by atoms with Crippen LogP contribution in [0.2, 0.25) is 0 Å². The van der Waals surface area contributed by atoms with Crippen LogP contribution >= 0.6 is 0 Å². The Kier molecular flexibility index (Phi) is 6.29. The van der Waals surface area contributed by atoms with Crippen LogP contribution in [0.5, 0.6) is 0 Å². The molecule has 4 aliphatic rings. The molecule has 3 fully saturated rings. The Morgan fingerprint density at radius 1 is 0.489 bits per heavy atom. The summed E-state index contributed by atoms with van der Waals surface area (Å²) < 4.78 is 5.68. The molecule has 3 amide bonds. The molecule has 12 nitrogen and oxygen atoms in total. The van der Waals surface area contributed by atoms with Gasteiger partial charge in [0.2, 0.25) is 17.7 Å². The van der Waals surface area contributed by atoms with Gasteiger partial charge in [0.15, 0.2) is 0 Å². The zero-order valence-electron chi connectivity index (χ0n) is 28.0. The van der Waals surface area contributed by atoms with Gasteiger partial charge in [-0.05, 0) is 19.3 Å². The van der Waals surface area contributed by atoms with Crippen molar-refractivity contribution in [1.82, 2.24) is 29.3 Å². The lowest BCUT2D eigenvalue weighted by molar-refractivity contribution is -0.118. The summed E-state index contributed by atoms with van der Waals surface area (Å²) in [5.74, 6) is 1.83. The summed E-state index contributed by atoms with van der Waals surface area (Å²) in [4.78, 5) is 47.1. The molecule has 0 aliphatic carbocycles. The number of hydrogen-bond acceptors (Lipinski definition) is 6. The number of hydrogen-bond donors (Lipinski definition) is 0. The Balaban J connectivity index is 1.57. The quantitative estimate of drug-likeness (QED) is 0.332. The lowest BCUT2D eigenvalue weighted by Crippen LogP contribution is -2.42. The summed E-state index contributed by atoms with van der Waals surface area (Å²) in [6.45, 7) is 18.9. The van der Waals surface area contributed by atoms with Crippen molar-refractivity contribution in [3.63, 3.8) is 0 Å². The number of amides is 3. The van der Waals surface area contributed by atoms with E-state index in [2.05, 4.69) is 62.3 Å². The Morgan fingerprint density at radius 2 is 0.733 bits per heavy atom. The Morgan fingerprint density at radius 3 is 0.956 bits per heavy atom. The minimum absolute atomic E-state index is 0.0299. The molecule has 3 aromatic heterocycles. The van der Waals surface area contributed by atoms with E-state index in [-0.39, 0.29) is 34.0 Å². The monoisotopic (exact) mass is 615 g/mol. The third kappa shape index (κ3) is 4.53. The molecule has 45 heavy (non-hydrogen) atoms. The average molecular weight is 616 g/mol. The number of fused-ring (bicyclic) bond motifs is 12. The van der Waals surface area contributed by atoms with Crippen molar-refractivity contribution < 1.29 is 14.4 Å². The van der Waals surface area contributed by atoms with Crippen molar-refractivity contribution in [3.8, 4) is 0 Å². The molecular formula is C33H45N9O3. The zero-order chi connectivity index (χ0) is 32.4. The smallest absolute Gasteiger partial charge is 0.230 e. The third-order valence-electron chi connectivity index (χ3n) is 9.59. The molecule has 7 heterocycles. The molecule has 4 aliphatic heterocycles. The van der Waals surface area contributed by atoms with Crippen LogP contribution < -0.4 is 14.7 Å². The van der Waals surface area contributed by atoms with Gasteiger partial charge in [-0.25, -0.2) is 14.0 Å². The first kappa shape index (κ1) is 29.7. The van der Waals surface area contributed by atoms with Gasteiger partial charge in [-0.1, -0.05) is 62.3 Å². The van der Waals surface area contributed by atoms with E-state index in [1.807, 2.05) is 32.2 Å². The molecule has 0 bridgehead atoms. The summed E-state index contributed by atoms with van der Waals surface area (Å²) in [6, 6.07) is 6.00. The number of nitrogens with zero attached hydrogens (tertiary/aromatic N) is 9. The normalized spacial score (nSPS) is 23.8. The largest absolute Gasteiger partial charge is 0.274 e. The highest BCUT2D eigenvalue weighted by Crippen LogP contribution is 2.47. The van der Waals surface area contributed by atoms with Crippen LogP contribution in [0.15, 0.2) is 18.2 Å². The van der Waals surface area contributed by atoms with E-state index in [1.54, 1.807) is 14.7 Å². The van der Waals surface area contributed by atoms with Crippen LogP contribution in [-0.2, 0) is 30.6 Å². The van der Waals surface area contributed by atoms with Crippen molar-refractivity contribution in [3.05, 3.63) is 35.3 Å². The minimum atomic E-state index is -0.465. The number of rotatable bonds is 0. The van der Waals surface area contributed by atoms with E-state index in [4.69, 9.17) is 15.3 Å². The number of carbonyl (C=O) groups is 3. The fourth-order valence-electron chi connectivity index (χ4n) is 6.99. The minimum Gasteiger partial charge on any atom is -0.274 e. The summed E-state index contributed by atoms with van der Waals surface area (Å²) in [5.41, 5.74) is 1.60. The molecular weight excluding hydrogens is 570 g/mol. The molecule has 3 atom stereocenters. The van der Waals surface area contributed by atoms with E-state index in [0.29, 0.717) is 56.0 Å². The Bertz CT molecular complexity index is 1520. The van der Waals surface area contributed by atoms with E-state index in [0.717, 1.165) is 17.1 Å². The summed E-state index contributed by atoms with van der Waals surface area (Å²) in [6.07, 6.45) is 1.23. The topological polar surface area (TPSA) is 114 Å². The molecule has 240 valence electrons. The van der Waals surface area contributed by atoms with Crippen LogP contribution in [0, 0.1) is 0 Å². The fourth-order valence-corrected chi connectivity index (χ4v) is 6.99. The van der Waals surface area contributed by atoms with E-state index >= 15 is 0 Å². The van der Waals surface area contributed by atoms with Gasteiger partial charge in [0.1, 0.15) is 36.0 Å². The van der Waals surface area contributed by atoms with Gasteiger partial charge in [0, 0.05) is 53.7 Å². The second-order valence-corrected chi connectivity index (χ2v) is 16.1. The van der Waals surface area contributed by atoms with E-state index in [9.17, 15) is 14.4 Å². The third-order valence-corrected chi connectivity index (χ3v) is 9.59. The fraction of sp³-hybridized carbons (Fsp3) is 0.636. The molecule has 0 saturated carbocycles. The lowest BCUT2D eigenvalue weighted by atomic mass is 9.92. The van der Waals surface area contributed by atoms with E-state index < -0.39 is 18.5 Å². The highest BCUT2D eigenvalue weighted by Gasteiger charge is 2.48. The van der Waals surface area contributed by atoms with Crippen LogP contribution in [0.3, 0.4) is 0 Å². The molecule has 0 aromatic carbocycles. The van der Waals surface area contributed by atoms with Crippen molar-refractivity contribution in [2.24, 2.45) is 0 Å². The Labute approximate surface area is 264 Å². The average Bonchev–Trinajstić information content (AvgIpc) is 3.73. The number of aromatic nitrogens is 6. The van der Waals surface area contributed by atoms with Crippen molar-refractivity contribution in [2.45, 2.75) is 136 Å². The standard InChI is InChI=1S/C33H45N9O3/c1-31(2,3)19-16-25-37-23(11-14-28(37)43)41-27(18-21(35-41)33(7,8)9)39-24(12-15-30(39)45)42-26(17-20(36-42)32(4,5)6)38-22(40(25)34-19)10-13-29(38)44/h16-18,22-24H,10-15H2,1-9H3. The first-order valence-electron chi connectivity index (χ1n) is 16.2. The molecule has 0 N–H and O–H groups in total. The predicted octanol–water partition coefficient (Wildman–Crippen LogP) is 5.46.